The first-order chi connectivity index (χ1) is 15.9. The van der Waals surface area contributed by atoms with E-state index in [4.69, 9.17) is 18.9 Å². The fourth-order valence-electron chi connectivity index (χ4n) is 3.51. The monoisotopic (exact) mass is 456 g/mol. The van der Waals surface area contributed by atoms with Crippen LogP contribution < -0.4 is 19.1 Å². The standard InChI is InChI=1S/C24H28N2O7/c1-30-20-11-17(12-21(13-20)31-2)14-25(15-24(29)32-3)23(28)16-33-19-8-6-18(7-9-19)26-10-4-5-22(26)27/h6-9,11-13H,4-5,10,14-16H2,1-3H3. The number of hydrogen-bond acceptors (Lipinski definition) is 7. The number of carbonyl (C=O) groups excluding carboxylic acids is 3. The van der Waals surface area contributed by atoms with Crippen LogP contribution in [-0.2, 0) is 25.7 Å². The van der Waals surface area contributed by atoms with Crippen LogP contribution in [0.5, 0.6) is 17.2 Å². The van der Waals surface area contributed by atoms with Crippen molar-refractivity contribution in [3.8, 4) is 17.2 Å². The van der Waals surface area contributed by atoms with E-state index in [1.807, 2.05) is 0 Å². The quantitative estimate of drug-likeness (QED) is 0.507. The summed E-state index contributed by atoms with van der Waals surface area (Å²) in [4.78, 5) is 39.7. The SMILES string of the molecule is COC(=O)CN(Cc1cc(OC)cc(OC)c1)C(=O)COc1ccc(N2CCCC2=O)cc1. The number of benzene rings is 2. The molecular formula is C24H28N2O7. The van der Waals surface area contributed by atoms with Crippen LogP contribution in [-0.4, -0.2) is 63.7 Å². The lowest BCUT2D eigenvalue weighted by Gasteiger charge is -2.22. The highest BCUT2D eigenvalue weighted by molar-refractivity contribution is 5.95. The number of carbonyl (C=O) groups is 3. The van der Waals surface area contributed by atoms with Gasteiger partial charge < -0.3 is 28.7 Å². The molecule has 3 rings (SSSR count). The van der Waals surface area contributed by atoms with Crippen LogP contribution in [0.2, 0.25) is 0 Å². The molecule has 0 aromatic heterocycles. The molecule has 1 aliphatic rings. The molecule has 0 radical (unpaired) electrons. The van der Waals surface area contributed by atoms with Crippen LogP contribution in [0.4, 0.5) is 5.69 Å². The molecule has 0 atom stereocenters. The van der Waals surface area contributed by atoms with E-state index in [2.05, 4.69) is 0 Å². The summed E-state index contributed by atoms with van der Waals surface area (Å²) in [5.41, 5.74) is 1.53. The maximum atomic E-state index is 12.9. The lowest BCUT2D eigenvalue weighted by Crippen LogP contribution is -2.38. The van der Waals surface area contributed by atoms with E-state index < -0.39 is 5.97 Å². The maximum absolute atomic E-state index is 12.9. The van der Waals surface area contributed by atoms with Crippen LogP contribution in [0, 0.1) is 0 Å². The van der Waals surface area contributed by atoms with Crippen molar-refractivity contribution in [1.82, 2.24) is 4.90 Å². The second-order valence-electron chi connectivity index (χ2n) is 7.48. The van der Waals surface area contributed by atoms with E-state index in [0.717, 1.165) is 17.7 Å². The summed E-state index contributed by atoms with van der Waals surface area (Å²) in [6, 6.07) is 12.3. The number of amides is 2. The smallest absolute Gasteiger partial charge is 0.325 e. The molecule has 2 amide bonds. The van der Waals surface area contributed by atoms with Crippen molar-refractivity contribution in [1.29, 1.82) is 0 Å². The number of methoxy groups -OCH3 is 3. The molecule has 1 saturated heterocycles. The fourth-order valence-corrected chi connectivity index (χ4v) is 3.51. The Kier molecular flexibility index (Phi) is 8.12. The maximum Gasteiger partial charge on any atom is 0.325 e. The molecule has 0 unspecified atom stereocenters. The Morgan fingerprint density at radius 2 is 1.64 bits per heavy atom. The predicted octanol–water partition coefficient (Wildman–Crippen LogP) is 2.41. The van der Waals surface area contributed by atoms with Crippen molar-refractivity contribution >= 4 is 23.5 Å². The summed E-state index contributed by atoms with van der Waals surface area (Å²) >= 11 is 0. The predicted molar refractivity (Wildman–Crippen MR) is 121 cm³/mol. The van der Waals surface area contributed by atoms with Gasteiger partial charge in [-0.25, -0.2) is 0 Å². The van der Waals surface area contributed by atoms with Crippen LogP contribution in [0.1, 0.15) is 18.4 Å². The third kappa shape index (κ3) is 6.38. The molecule has 2 aromatic carbocycles. The van der Waals surface area contributed by atoms with Gasteiger partial charge in [-0.1, -0.05) is 0 Å². The Bertz CT molecular complexity index is 969. The summed E-state index contributed by atoms with van der Waals surface area (Å²) in [6.07, 6.45) is 1.41. The highest BCUT2D eigenvalue weighted by Gasteiger charge is 2.22. The average Bonchev–Trinajstić information content (AvgIpc) is 3.27. The zero-order chi connectivity index (χ0) is 23.8. The minimum atomic E-state index is -0.544. The van der Waals surface area contributed by atoms with E-state index in [-0.39, 0.29) is 31.5 Å². The summed E-state index contributed by atoms with van der Waals surface area (Å²) in [6.45, 7) is 0.351. The second kappa shape index (κ2) is 11.2. The fraction of sp³-hybridized carbons (Fsp3) is 0.375. The largest absolute Gasteiger partial charge is 0.497 e. The first-order valence-corrected chi connectivity index (χ1v) is 10.5. The Balaban J connectivity index is 1.66. The van der Waals surface area contributed by atoms with Crippen LogP contribution in [0.3, 0.4) is 0 Å². The van der Waals surface area contributed by atoms with Crippen molar-refractivity contribution in [3.63, 3.8) is 0 Å². The Morgan fingerprint density at radius 1 is 0.970 bits per heavy atom. The summed E-state index contributed by atoms with van der Waals surface area (Å²) < 4.78 is 20.9. The minimum absolute atomic E-state index is 0.103. The number of nitrogens with zero attached hydrogens (tertiary/aromatic N) is 2. The van der Waals surface area contributed by atoms with Gasteiger partial charge in [0.25, 0.3) is 5.91 Å². The van der Waals surface area contributed by atoms with Crippen LogP contribution in [0.25, 0.3) is 0 Å². The highest BCUT2D eigenvalue weighted by atomic mass is 16.5. The average molecular weight is 456 g/mol. The van der Waals surface area contributed by atoms with Gasteiger partial charge in [0.05, 0.1) is 21.3 Å². The van der Waals surface area contributed by atoms with Crippen molar-refractivity contribution in [2.24, 2.45) is 0 Å². The first-order valence-electron chi connectivity index (χ1n) is 10.5. The lowest BCUT2D eigenvalue weighted by atomic mass is 10.2. The van der Waals surface area contributed by atoms with E-state index in [1.165, 1.54) is 26.2 Å². The summed E-state index contributed by atoms with van der Waals surface area (Å²) in [5.74, 6) is 0.801. The first kappa shape index (κ1) is 23.9. The highest BCUT2D eigenvalue weighted by Crippen LogP contribution is 2.25. The van der Waals surface area contributed by atoms with Crippen molar-refractivity contribution in [2.75, 3.05) is 45.9 Å². The Morgan fingerprint density at radius 3 is 2.18 bits per heavy atom. The van der Waals surface area contributed by atoms with E-state index >= 15 is 0 Å². The number of anilines is 1. The van der Waals surface area contributed by atoms with Crippen LogP contribution >= 0.6 is 0 Å². The van der Waals surface area contributed by atoms with Crippen LogP contribution in [0.15, 0.2) is 42.5 Å². The molecule has 0 aliphatic carbocycles. The Hall–Kier alpha value is -3.75. The number of ether oxygens (including phenoxy) is 4. The molecule has 9 heteroatoms. The number of rotatable bonds is 10. The number of hydrogen-bond donors (Lipinski definition) is 0. The van der Waals surface area contributed by atoms with Crippen molar-refractivity contribution < 1.29 is 33.3 Å². The van der Waals surface area contributed by atoms with Gasteiger partial charge in [0.2, 0.25) is 5.91 Å². The molecule has 1 aliphatic heterocycles. The van der Waals surface area contributed by atoms with Gasteiger partial charge in [0, 0.05) is 31.3 Å². The molecule has 0 N–H and O–H groups in total. The molecule has 33 heavy (non-hydrogen) atoms. The van der Waals surface area contributed by atoms with Gasteiger partial charge in [-0.3, -0.25) is 14.4 Å². The van der Waals surface area contributed by atoms with E-state index in [0.29, 0.717) is 30.2 Å². The third-order valence-electron chi connectivity index (χ3n) is 5.27. The number of esters is 1. The molecule has 9 nitrogen and oxygen atoms in total. The normalized spacial score (nSPS) is 12.9. The zero-order valence-electron chi connectivity index (χ0n) is 19.0. The third-order valence-corrected chi connectivity index (χ3v) is 5.27. The van der Waals surface area contributed by atoms with E-state index in [1.54, 1.807) is 47.4 Å². The Labute approximate surface area is 192 Å². The topological polar surface area (TPSA) is 94.6 Å². The molecule has 2 aromatic rings. The van der Waals surface area contributed by atoms with E-state index in [9.17, 15) is 14.4 Å². The molecule has 176 valence electrons. The second-order valence-corrected chi connectivity index (χ2v) is 7.48. The molecule has 1 heterocycles. The van der Waals surface area contributed by atoms with Gasteiger partial charge >= 0.3 is 5.97 Å². The molecule has 0 saturated carbocycles. The summed E-state index contributed by atoms with van der Waals surface area (Å²) in [5, 5.41) is 0. The lowest BCUT2D eigenvalue weighted by molar-refractivity contribution is -0.148. The molecule has 0 bridgehead atoms. The van der Waals surface area contributed by atoms with Crippen molar-refractivity contribution in [2.45, 2.75) is 19.4 Å². The summed E-state index contributed by atoms with van der Waals surface area (Å²) in [7, 11) is 4.34. The zero-order valence-corrected chi connectivity index (χ0v) is 19.0. The molecular weight excluding hydrogens is 428 g/mol. The minimum Gasteiger partial charge on any atom is -0.497 e. The molecule has 0 spiro atoms. The van der Waals surface area contributed by atoms with Gasteiger partial charge in [-0.05, 0) is 48.4 Å². The van der Waals surface area contributed by atoms with Gasteiger partial charge in [-0.15, -0.1) is 0 Å². The molecule has 1 fully saturated rings. The van der Waals surface area contributed by atoms with Gasteiger partial charge in [0.15, 0.2) is 6.61 Å². The van der Waals surface area contributed by atoms with Gasteiger partial charge in [0.1, 0.15) is 23.8 Å². The van der Waals surface area contributed by atoms with Gasteiger partial charge in [-0.2, -0.15) is 0 Å². The van der Waals surface area contributed by atoms with Crippen molar-refractivity contribution in [3.05, 3.63) is 48.0 Å².